The molecule has 0 spiro atoms. The van der Waals surface area contributed by atoms with Crippen LogP contribution in [0.1, 0.15) is 38.9 Å². The van der Waals surface area contributed by atoms with E-state index in [-0.39, 0.29) is 35.8 Å². The second-order valence-corrected chi connectivity index (χ2v) is 5.86. The lowest BCUT2D eigenvalue weighted by Gasteiger charge is -2.40. The van der Waals surface area contributed by atoms with Gasteiger partial charge >= 0.3 is 5.97 Å². The Kier molecular flexibility index (Phi) is 5.35. The van der Waals surface area contributed by atoms with Crippen molar-refractivity contribution < 1.29 is 18.7 Å². The van der Waals surface area contributed by atoms with Crippen molar-refractivity contribution in [3.8, 4) is 0 Å². The first-order valence-electron chi connectivity index (χ1n) is 7.67. The van der Waals surface area contributed by atoms with Crippen molar-refractivity contribution in [2.75, 3.05) is 6.61 Å². The zero-order valence-corrected chi connectivity index (χ0v) is 13.3. The molecule has 1 fully saturated rings. The third-order valence-corrected chi connectivity index (χ3v) is 4.22. The highest BCUT2D eigenvalue weighted by Gasteiger charge is 2.41. The van der Waals surface area contributed by atoms with E-state index in [1.165, 1.54) is 12.1 Å². The maximum absolute atomic E-state index is 13.1. The van der Waals surface area contributed by atoms with E-state index in [0.717, 1.165) is 11.1 Å². The fourth-order valence-corrected chi connectivity index (χ4v) is 2.97. The van der Waals surface area contributed by atoms with Gasteiger partial charge in [-0.15, -0.1) is 0 Å². The fourth-order valence-electron chi connectivity index (χ4n) is 2.97. The zero-order valence-electron chi connectivity index (χ0n) is 13.3. The van der Waals surface area contributed by atoms with E-state index < -0.39 is 0 Å². The Balaban J connectivity index is 2.23. The highest BCUT2D eigenvalue weighted by atomic mass is 19.1. The topological polar surface area (TPSA) is 35.5 Å². The first-order chi connectivity index (χ1) is 10.4. The fraction of sp³-hybridized carbons (Fsp3) is 0.500. The summed E-state index contributed by atoms with van der Waals surface area (Å²) >= 11 is 0. The number of benzene rings is 1. The molecule has 1 heterocycles. The van der Waals surface area contributed by atoms with E-state index in [1.807, 2.05) is 13.8 Å². The summed E-state index contributed by atoms with van der Waals surface area (Å²) in [5.74, 6) is -0.780. The minimum atomic E-state index is -0.293. The van der Waals surface area contributed by atoms with Crippen molar-refractivity contribution >= 4 is 5.97 Å². The zero-order chi connectivity index (χ0) is 16.3. The third kappa shape index (κ3) is 3.55. The van der Waals surface area contributed by atoms with Gasteiger partial charge in [0.25, 0.3) is 0 Å². The number of esters is 1. The number of carbonyl (C=O) groups is 1. The standard InChI is InChI=1S/C18H23FO3/c1-5-21-18(20)16-10-15(11(2)3)17(22-12(16)4)13-6-8-14(19)9-7-13/h6-9,12,15-17H,2,5,10H2,1,3-4H3/t12-,15+,16-,17+/m1/s1. The molecule has 0 N–H and O–H groups in total. The monoisotopic (exact) mass is 306 g/mol. The van der Waals surface area contributed by atoms with Crippen LogP contribution in [-0.2, 0) is 14.3 Å². The quantitative estimate of drug-likeness (QED) is 0.622. The minimum absolute atomic E-state index is 0.0102. The molecule has 1 aromatic rings. The van der Waals surface area contributed by atoms with Crippen LogP contribution in [0.25, 0.3) is 0 Å². The van der Waals surface area contributed by atoms with Gasteiger partial charge in [0.2, 0.25) is 0 Å². The van der Waals surface area contributed by atoms with Crippen LogP contribution in [0.3, 0.4) is 0 Å². The maximum Gasteiger partial charge on any atom is 0.311 e. The summed E-state index contributed by atoms with van der Waals surface area (Å²) in [5.41, 5.74) is 1.86. The predicted molar refractivity (Wildman–Crippen MR) is 82.7 cm³/mol. The summed E-state index contributed by atoms with van der Waals surface area (Å²) in [4.78, 5) is 12.1. The lowest BCUT2D eigenvalue weighted by Crippen LogP contribution is -2.40. The molecule has 0 saturated carbocycles. The van der Waals surface area contributed by atoms with E-state index >= 15 is 0 Å². The van der Waals surface area contributed by atoms with Crippen molar-refractivity contribution in [1.82, 2.24) is 0 Å². The lowest BCUT2D eigenvalue weighted by atomic mass is 9.78. The molecule has 22 heavy (non-hydrogen) atoms. The molecule has 120 valence electrons. The van der Waals surface area contributed by atoms with Gasteiger partial charge in [-0.25, -0.2) is 4.39 Å². The number of carbonyl (C=O) groups excluding carboxylic acids is 1. The van der Waals surface area contributed by atoms with Crippen LogP contribution in [0.5, 0.6) is 0 Å². The molecule has 0 aromatic heterocycles. The normalized spacial score (nSPS) is 28.2. The predicted octanol–water partition coefficient (Wildman–Crippen LogP) is 4.05. The van der Waals surface area contributed by atoms with Crippen molar-refractivity contribution in [3.05, 3.63) is 47.8 Å². The van der Waals surface area contributed by atoms with Crippen LogP contribution in [0.4, 0.5) is 4.39 Å². The molecule has 0 bridgehead atoms. The third-order valence-electron chi connectivity index (χ3n) is 4.22. The van der Waals surface area contributed by atoms with Gasteiger partial charge in [-0.1, -0.05) is 24.3 Å². The van der Waals surface area contributed by atoms with Gasteiger partial charge in [-0.2, -0.15) is 0 Å². The molecule has 1 saturated heterocycles. The first-order valence-corrected chi connectivity index (χ1v) is 7.67. The van der Waals surface area contributed by atoms with Crippen LogP contribution in [0, 0.1) is 17.7 Å². The van der Waals surface area contributed by atoms with Gasteiger partial charge in [-0.05, 0) is 44.9 Å². The van der Waals surface area contributed by atoms with E-state index in [1.54, 1.807) is 19.1 Å². The number of halogens is 1. The first kappa shape index (κ1) is 16.7. The Morgan fingerprint density at radius 1 is 1.36 bits per heavy atom. The SMILES string of the molecule is C=C(C)[C@@H]1C[C@@H](C(=O)OCC)[C@@H](C)O[C@H]1c1ccc(F)cc1. The van der Waals surface area contributed by atoms with Crippen LogP contribution in [-0.4, -0.2) is 18.7 Å². The number of hydrogen-bond donors (Lipinski definition) is 0. The van der Waals surface area contributed by atoms with Crippen molar-refractivity contribution in [1.29, 1.82) is 0 Å². The van der Waals surface area contributed by atoms with E-state index in [2.05, 4.69) is 6.58 Å². The summed E-state index contributed by atoms with van der Waals surface area (Å²) in [6.45, 7) is 10.0. The molecule has 4 heteroatoms. The largest absolute Gasteiger partial charge is 0.466 e. The minimum Gasteiger partial charge on any atom is -0.466 e. The second kappa shape index (κ2) is 7.05. The molecule has 3 nitrogen and oxygen atoms in total. The summed E-state index contributed by atoms with van der Waals surface area (Å²) in [5, 5.41) is 0. The molecule has 1 aliphatic heterocycles. The van der Waals surface area contributed by atoms with Gasteiger partial charge < -0.3 is 9.47 Å². The molecule has 0 radical (unpaired) electrons. The van der Waals surface area contributed by atoms with E-state index in [4.69, 9.17) is 9.47 Å². The molecular formula is C18H23FO3. The van der Waals surface area contributed by atoms with Crippen molar-refractivity contribution in [3.63, 3.8) is 0 Å². The van der Waals surface area contributed by atoms with Crippen molar-refractivity contribution in [2.24, 2.45) is 11.8 Å². The molecule has 0 aliphatic carbocycles. The second-order valence-electron chi connectivity index (χ2n) is 5.86. The smallest absolute Gasteiger partial charge is 0.311 e. The van der Waals surface area contributed by atoms with Gasteiger partial charge in [0.1, 0.15) is 5.82 Å². The number of ether oxygens (including phenoxy) is 2. The molecule has 4 atom stereocenters. The Morgan fingerprint density at radius 2 is 2.00 bits per heavy atom. The Bertz CT molecular complexity index is 538. The van der Waals surface area contributed by atoms with Crippen LogP contribution in [0.2, 0.25) is 0 Å². The Labute approximate surface area is 131 Å². The van der Waals surface area contributed by atoms with Crippen molar-refractivity contribution in [2.45, 2.75) is 39.4 Å². The average molecular weight is 306 g/mol. The van der Waals surface area contributed by atoms with Gasteiger partial charge in [0.05, 0.1) is 24.7 Å². The van der Waals surface area contributed by atoms with Crippen LogP contribution in [0.15, 0.2) is 36.4 Å². The maximum atomic E-state index is 13.1. The number of hydrogen-bond acceptors (Lipinski definition) is 3. The molecule has 0 amide bonds. The Hall–Kier alpha value is -1.68. The van der Waals surface area contributed by atoms with E-state index in [0.29, 0.717) is 13.0 Å². The van der Waals surface area contributed by atoms with Gasteiger partial charge in [0, 0.05) is 5.92 Å². The average Bonchev–Trinajstić information content (AvgIpc) is 2.47. The summed E-state index contributed by atoms with van der Waals surface area (Å²) in [6.07, 6.45) is 0.181. The molecule has 1 aliphatic rings. The Morgan fingerprint density at radius 3 is 2.55 bits per heavy atom. The van der Waals surface area contributed by atoms with Gasteiger partial charge in [-0.3, -0.25) is 4.79 Å². The van der Waals surface area contributed by atoms with Crippen LogP contribution >= 0.6 is 0 Å². The number of rotatable bonds is 4. The molecular weight excluding hydrogens is 283 g/mol. The molecule has 1 aromatic carbocycles. The summed E-state index contributed by atoms with van der Waals surface area (Å²) < 4.78 is 24.3. The summed E-state index contributed by atoms with van der Waals surface area (Å²) in [6, 6.07) is 6.31. The summed E-state index contributed by atoms with van der Waals surface area (Å²) in [7, 11) is 0. The molecule has 0 unspecified atom stereocenters. The van der Waals surface area contributed by atoms with Crippen LogP contribution < -0.4 is 0 Å². The molecule has 2 rings (SSSR count). The lowest BCUT2D eigenvalue weighted by molar-refractivity contribution is -0.166. The highest BCUT2D eigenvalue weighted by molar-refractivity contribution is 5.73. The highest BCUT2D eigenvalue weighted by Crippen LogP contribution is 2.42. The van der Waals surface area contributed by atoms with E-state index in [9.17, 15) is 9.18 Å². The van der Waals surface area contributed by atoms with Gasteiger partial charge in [0.15, 0.2) is 0 Å².